The number of esters is 1. The van der Waals surface area contributed by atoms with Gasteiger partial charge in [0.15, 0.2) is 5.78 Å². The highest BCUT2D eigenvalue weighted by molar-refractivity contribution is 6.09. The lowest BCUT2D eigenvalue weighted by molar-refractivity contribution is 0.0733. The van der Waals surface area contributed by atoms with Crippen molar-refractivity contribution in [1.82, 2.24) is 0 Å². The van der Waals surface area contributed by atoms with Crippen molar-refractivity contribution in [3.05, 3.63) is 82.9 Å². The number of rotatable bonds is 7. The number of Topliss-reactive ketones (excluding diaryl/α,β-unsaturated/α-hetero) is 1. The number of hydrogen-bond donors (Lipinski definition) is 0. The molecular weight excluding hydrogens is 399 g/mol. The Hall–Kier alpha value is -3.34. The number of carbonyl (C=O) groups excluding carboxylic acids is 2. The first-order valence-corrected chi connectivity index (χ1v) is 10.5. The number of ketones is 1. The second-order valence-corrected chi connectivity index (χ2v) is 8.55. The summed E-state index contributed by atoms with van der Waals surface area (Å²) in [6.45, 7) is 9.28. The molecule has 0 amide bonds. The maximum atomic E-state index is 12.6. The number of carbonyl (C=O) groups is 2. The van der Waals surface area contributed by atoms with Crippen molar-refractivity contribution in [2.24, 2.45) is 0 Å². The van der Waals surface area contributed by atoms with Crippen molar-refractivity contribution in [2.75, 3.05) is 0 Å². The molecule has 0 saturated carbocycles. The van der Waals surface area contributed by atoms with E-state index in [-0.39, 0.29) is 5.78 Å². The number of aryl methyl sites for hydroxylation is 2. The van der Waals surface area contributed by atoms with Crippen LogP contribution in [-0.2, 0) is 0 Å². The summed E-state index contributed by atoms with van der Waals surface area (Å²) >= 11 is 0. The van der Waals surface area contributed by atoms with E-state index in [0.29, 0.717) is 23.2 Å². The van der Waals surface area contributed by atoms with E-state index in [0.717, 1.165) is 28.0 Å². The van der Waals surface area contributed by atoms with Crippen LogP contribution in [0.4, 0.5) is 0 Å². The third kappa shape index (κ3) is 5.47. The van der Waals surface area contributed by atoms with Crippen molar-refractivity contribution in [3.8, 4) is 22.6 Å². The molecular formula is C27H27BO4. The van der Waals surface area contributed by atoms with E-state index in [1.807, 2.05) is 52.0 Å². The lowest BCUT2D eigenvalue weighted by Gasteiger charge is -2.26. The maximum Gasteiger partial charge on any atom is 0.343 e. The van der Waals surface area contributed by atoms with Crippen LogP contribution < -0.4 is 9.47 Å². The summed E-state index contributed by atoms with van der Waals surface area (Å²) in [6, 6.07) is 18.2. The Bertz CT molecular complexity index is 1160. The molecule has 0 aromatic heterocycles. The van der Waals surface area contributed by atoms with Gasteiger partial charge in [0.2, 0.25) is 0 Å². The van der Waals surface area contributed by atoms with Gasteiger partial charge in [0, 0.05) is 5.56 Å². The predicted molar refractivity (Wildman–Crippen MR) is 128 cm³/mol. The van der Waals surface area contributed by atoms with E-state index >= 15 is 0 Å². The number of benzene rings is 3. The molecule has 0 aliphatic heterocycles. The van der Waals surface area contributed by atoms with Crippen LogP contribution in [0.5, 0.6) is 11.5 Å². The fourth-order valence-corrected chi connectivity index (χ4v) is 3.25. The molecule has 0 atom stereocenters. The van der Waals surface area contributed by atoms with Crippen LogP contribution >= 0.6 is 0 Å². The van der Waals surface area contributed by atoms with Gasteiger partial charge in [-0.15, -0.1) is 0 Å². The fourth-order valence-electron chi connectivity index (χ4n) is 3.25. The monoisotopic (exact) mass is 426 g/mol. The van der Waals surface area contributed by atoms with Gasteiger partial charge >= 0.3 is 5.97 Å². The third-order valence-corrected chi connectivity index (χ3v) is 5.27. The van der Waals surface area contributed by atoms with Gasteiger partial charge in [-0.2, -0.15) is 0 Å². The quantitative estimate of drug-likeness (QED) is 0.197. The average Bonchev–Trinajstić information content (AvgIpc) is 2.76. The molecule has 0 heterocycles. The zero-order chi connectivity index (χ0) is 23.5. The van der Waals surface area contributed by atoms with Crippen molar-refractivity contribution in [2.45, 2.75) is 46.5 Å². The molecule has 5 heteroatoms. The zero-order valence-corrected chi connectivity index (χ0v) is 19.2. The second-order valence-electron chi connectivity index (χ2n) is 8.55. The molecule has 162 valence electrons. The van der Waals surface area contributed by atoms with Gasteiger partial charge in [-0.25, -0.2) is 4.79 Å². The highest BCUT2D eigenvalue weighted by atomic mass is 16.5. The summed E-state index contributed by atoms with van der Waals surface area (Å²) in [6.07, 6.45) is 0.423. The van der Waals surface area contributed by atoms with Gasteiger partial charge in [0.25, 0.3) is 0 Å². The van der Waals surface area contributed by atoms with E-state index in [9.17, 15) is 9.59 Å². The molecule has 3 aromatic carbocycles. The standard InChI is InChI=1S/C27H27BO4/c1-17-13-21(22-10-12-25(18(2)14-22)32-27(4,5)16-28)9-11-24(17)31-26(30)23-8-6-7-20(15-23)19(3)29/h6-15H,16H2,1-5H3. The molecule has 3 rings (SSSR count). The van der Waals surface area contributed by atoms with Crippen LogP contribution in [0.25, 0.3) is 11.1 Å². The Morgan fingerprint density at radius 3 is 1.94 bits per heavy atom. The van der Waals surface area contributed by atoms with Crippen molar-refractivity contribution in [1.29, 1.82) is 0 Å². The van der Waals surface area contributed by atoms with Crippen LogP contribution in [-0.4, -0.2) is 25.2 Å². The first-order chi connectivity index (χ1) is 15.1. The fraction of sp³-hybridized carbons (Fsp3) is 0.259. The van der Waals surface area contributed by atoms with Gasteiger partial charge in [-0.3, -0.25) is 4.79 Å². The molecule has 0 bridgehead atoms. The van der Waals surface area contributed by atoms with E-state index < -0.39 is 11.6 Å². The van der Waals surface area contributed by atoms with Crippen molar-refractivity contribution < 1.29 is 19.1 Å². The molecule has 0 saturated heterocycles. The first-order valence-electron chi connectivity index (χ1n) is 10.5. The minimum absolute atomic E-state index is 0.0986. The normalized spacial score (nSPS) is 11.2. The van der Waals surface area contributed by atoms with E-state index in [1.165, 1.54) is 6.92 Å². The SMILES string of the molecule is [B]CC(C)(C)Oc1ccc(-c2ccc(OC(=O)c3cccc(C(C)=O)c3)c(C)c2)cc1C. The van der Waals surface area contributed by atoms with Gasteiger partial charge in [-0.1, -0.05) is 24.3 Å². The molecule has 2 radical (unpaired) electrons. The smallest absolute Gasteiger partial charge is 0.343 e. The van der Waals surface area contributed by atoms with Crippen LogP contribution in [0.2, 0.25) is 6.32 Å². The van der Waals surface area contributed by atoms with Gasteiger partial charge in [0.05, 0.1) is 19.0 Å². The molecule has 4 nitrogen and oxygen atoms in total. The van der Waals surface area contributed by atoms with Crippen molar-refractivity contribution >= 4 is 19.6 Å². The summed E-state index contributed by atoms with van der Waals surface area (Å²) in [7, 11) is 5.77. The van der Waals surface area contributed by atoms with Crippen LogP contribution in [0.1, 0.15) is 52.6 Å². The molecule has 0 fully saturated rings. The van der Waals surface area contributed by atoms with Crippen LogP contribution in [0, 0.1) is 13.8 Å². The minimum atomic E-state index is -0.496. The molecule has 0 aliphatic carbocycles. The van der Waals surface area contributed by atoms with Gasteiger partial charge in [-0.05, 0) is 99.6 Å². The first kappa shape index (κ1) is 23.3. The number of ether oxygens (including phenoxy) is 2. The summed E-state index contributed by atoms with van der Waals surface area (Å²) < 4.78 is 11.6. The molecule has 0 unspecified atom stereocenters. The molecule has 3 aromatic rings. The molecule has 0 aliphatic rings. The summed E-state index contributed by atoms with van der Waals surface area (Å²) in [4.78, 5) is 24.1. The highest BCUT2D eigenvalue weighted by Crippen LogP contribution is 2.31. The number of hydrogen-bond acceptors (Lipinski definition) is 4. The topological polar surface area (TPSA) is 52.6 Å². The second kappa shape index (κ2) is 9.43. The zero-order valence-electron chi connectivity index (χ0n) is 19.2. The molecule has 32 heavy (non-hydrogen) atoms. The maximum absolute atomic E-state index is 12.6. The molecule has 0 spiro atoms. The third-order valence-electron chi connectivity index (χ3n) is 5.27. The highest BCUT2D eigenvalue weighted by Gasteiger charge is 2.18. The lowest BCUT2D eigenvalue weighted by atomic mass is 9.90. The largest absolute Gasteiger partial charge is 0.488 e. The predicted octanol–water partition coefficient (Wildman–Crippen LogP) is 6.14. The average molecular weight is 426 g/mol. The molecule has 0 N–H and O–H groups in total. The van der Waals surface area contributed by atoms with Gasteiger partial charge < -0.3 is 9.47 Å². The Kier molecular flexibility index (Phi) is 6.88. The Morgan fingerprint density at radius 2 is 1.41 bits per heavy atom. The Balaban J connectivity index is 1.79. The van der Waals surface area contributed by atoms with E-state index in [2.05, 4.69) is 6.07 Å². The Morgan fingerprint density at radius 1 is 0.844 bits per heavy atom. The summed E-state index contributed by atoms with van der Waals surface area (Å²) in [5, 5.41) is 0. The summed E-state index contributed by atoms with van der Waals surface area (Å²) in [5.41, 5.74) is 4.28. The van der Waals surface area contributed by atoms with E-state index in [1.54, 1.807) is 30.3 Å². The van der Waals surface area contributed by atoms with Gasteiger partial charge in [0.1, 0.15) is 11.5 Å². The lowest BCUT2D eigenvalue weighted by Crippen LogP contribution is -2.27. The van der Waals surface area contributed by atoms with E-state index in [4.69, 9.17) is 17.3 Å². The summed E-state index contributed by atoms with van der Waals surface area (Å²) in [5.74, 6) is 0.690. The van der Waals surface area contributed by atoms with Crippen LogP contribution in [0.15, 0.2) is 60.7 Å². The minimum Gasteiger partial charge on any atom is -0.488 e. The van der Waals surface area contributed by atoms with Crippen molar-refractivity contribution in [3.63, 3.8) is 0 Å². The Labute approximate surface area is 191 Å². The van der Waals surface area contributed by atoms with Crippen LogP contribution in [0.3, 0.4) is 0 Å².